The van der Waals surface area contributed by atoms with E-state index in [1.165, 1.54) is 28.0 Å². The number of carbonyl (C=O) groups is 2. The smallest absolute Gasteiger partial charge is 0.341 e. The highest BCUT2D eigenvalue weighted by Gasteiger charge is 2.27. The maximum Gasteiger partial charge on any atom is 0.341 e. The standard InChI is InChI=1S/C25H30N4O4S2/c1-4-29-22(16-11-9-10-13-18(16)32-3)27-28-25(29)34-15-20(30)26-23-21(24(31)33-5-2)17-12-7-6-8-14-19(17)35-23/h9-11,13H,4-8,12,14-15H2,1-3H3,(H,26,30). The largest absolute Gasteiger partial charge is 0.496 e. The molecule has 1 amide bonds. The van der Waals surface area contributed by atoms with Crippen LogP contribution in [0.2, 0.25) is 0 Å². The van der Waals surface area contributed by atoms with E-state index in [9.17, 15) is 9.59 Å². The highest BCUT2D eigenvalue weighted by atomic mass is 32.2. The van der Waals surface area contributed by atoms with Gasteiger partial charge in [0, 0.05) is 11.4 Å². The maximum absolute atomic E-state index is 12.9. The summed E-state index contributed by atoms with van der Waals surface area (Å²) in [4.78, 5) is 26.8. The van der Waals surface area contributed by atoms with Crippen LogP contribution in [0.15, 0.2) is 29.4 Å². The minimum absolute atomic E-state index is 0.148. The molecular weight excluding hydrogens is 484 g/mol. The topological polar surface area (TPSA) is 95.3 Å². The Hall–Kier alpha value is -2.85. The summed E-state index contributed by atoms with van der Waals surface area (Å²) in [6.45, 7) is 4.75. The molecule has 0 saturated heterocycles. The number of hydrogen-bond donors (Lipinski definition) is 1. The van der Waals surface area contributed by atoms with Gasteiger partial charge in [-0.3, -0.25) is 4.79 Å². The predicted molar refractivity (Wildman–Crippen MR) is 139 cm³/mol. The fourth-order valence-electron chi connectivity index (χ4n) is 4.25. The number of nitrogens with one attached hydrogen (secondary N) is 1. The molecule has 0 fully saturated rings. The summed E-state index contributed by atoms with van der Waals surface area (Å²) in [6.07, 6.45) is 5.07. The number of methoxy groups -OCH3 is 1. The number of para-hydroxylation sites is 1. The zero-order chi connectivity index (χ0) is 24.8. The third kappa shape index (κ3) is 5.54. The van der Waals surface area contributed by atoms with Crippen LogP contribution in [-0.4, -0.2) is 46.1 Å². The molecule has 2 aromatic heterocycles. The van der Waals surface area contributed by atoms with Gasteiger partial charge in [0.1, 0.15) is 10.8 Å². The number of fused-ring (bicyclic) bond motifs is 1. The number of benzene rings is 1. The Kier molecular flexibility index (Phi) is 8.46. The summed E-state index contributed by atoms with van der Waals surface area (Å²) in [7, 11) is 1.63. The molecule has 186 valence electrons. The van der Waals surface area contributed by atoms with E-state index in [1.54, 1.807) is 14.0 Å². The molecule has 0 aliphatic heterocycles. The molecule has 35 heavy (non-hydrogen) atoms. The van der Waals surface area contributed by atoms with Crippen LogP contribution < -0.4 is 10.1 Å². The van der Waals surface area contributed by atoms with Crippen molar-refractivity contribution in [3.05, 3.63) is 40.3 Å². The summed E-state index contributed by atoms with van der Waals surface area (Å²) in [5, 5.41) is 12.9. The van der Waals surface area contributed by atoms with Gasteiger partial charge in [0.2, 0.25) is 5.91 Å². The number of aryl methyl sites for hydroxylation is 1. The first-order chi connectivity index (χ1) is 17.1. The number of thioether (sulfide) groups is 1. The van der Waals surface area contributed by atoms with Crippen LogP contribution in [0.1, 0.15) is 53.9 Å². The number of anilines is 1. The lowest BCUT2D eigenvalue weighted by atomic mass is 10.1. The van der Waals surface area contributed by atoms with Crippen molar-refractivity contribution in [2.75, 3.05) is 24.8 Å². The molecule has 0 unspecified atom stereocenters. The van der Waals surface area contributed by atoms with Crippen molar-refractivity contribution in [2.45, 2.75) is 57.7 Å². The minimum Gasteiger partial charge on any atom is -0.496 e. The number of rotatable bonds is 9. The van der Waals surface area contributed by atoms with Crippen molar-refractivity contribution in [1.82, 2.24) is 14.8 Å². The molecule has 0 atom stereocenters. The summed E-state index contributed by atoms with van der Waals surface area (Å²) in [5.41, 5.74) is 2.42. The van der Waals surface area contributed by atoms with Crippen molar-refractivity contribution in [3.63, 3.8) is 0 Å². The Morgan fingerprint density at radius 1 is 1.14 bits per heavy atom. The Morgan fingerprint density at radius 3 is 2.71 bits per heavy atom. The van der Waals surface area contributed by atoms with Crippen LogP contribution in [0, 0.1) is 0 Å². The molecule has 1 aliphatic rings. The molecule has 0 radical (unpaired) electrons. The fraction of sp³-hybridized carbons (Fsp3) is 0.440. The van der Waals surface area contributed by atoms with Gasteiger partial charge in [0.15, 0.2) is 11.0 Å². The Morgan fingerprint density at radius 2 is 1.94 bits per heavy atom. The molecular formula is C25H30N4O4S2. The van der Waals surface area contributed by atoms with E-state index in [4.69, 9.17) is 9.47 Å². The third-order valence-corrected chi connectivity index (χ3v) is 8.04. The quantitative estimate of drug-likeness (QED) is 0.238. The van der Waals surface area contributed by atoms with Gasteiger partial charge in [0.25, 0.3) is 0 Å². The molecule has 4 rings (SSSR count). The molecule has 1 aliphatic carbocycles. The fourth-order valence-corrected chi connectivity index (χ4v) is 6.35. The van der Waals surface area contributed by atoms with Crippen LogP contribution in [0.4, 0.5) is 5.00 Å². The second kappa shape index (κ2) is 11.7. The van der Waals surface area contributed by atoms with E-state index in [0.717, 1.165) is 43.2 Å². The Balaban J connectivity index is 1.50. The lowest BCUT2D eigenvalue weighted by Crippen LogP contribution is -2.17. The van der Waals surface area contributed by atoms with Gasteiger partial charge >= 0.3 is 5.97 Å². The number of aromatic nitrogens is 3. The zero-order valence-corrected chi connectivity index (χ0v) is 21.9. The van der Waals surface area contributed by atoms with Gasteiger partial charge in [-0.15, -0.1) is 21.5 Å². The molecule has 3 aromatic rings. The van der Waals surface area contributed by atoms with E-state index in [2.05, 4.69) is 15.5 Å². The first-order valence-corrected chi connectivity index (χ1v) is 13.7. The van der Waals surface area contributed by atoms with Crippen LogP contribution >= 0.6 is 23.1 Å². The van der Waals surface area contributed by atoms with Gasteiger partial charge in [-0.25, -0.2) is 4.79 Å². The Bertz CT molecular complexity index is 1200. The van der Waals surface area contributed by atoms with E-state index in [1.807, 2.05) is 35.8 Å². The minimum atomic E-state index is -0.359. The average molecular weight is 515 g/mol. The van der Waals surface area contributed by atoms with E-state index in [0.29, 0.717) is 40.4 Å². The van der Waals surface area contributed by atoms with Gasteiger partial charge in [0.05, 0.1) is 30.6 Å². The molecule has 10 heteroatoms. The average Bonchev–Trinajstić information content (AvgIpc) is 3.35. The second-order valence-corrected chi connectivity index (χ2v) is 10.1. The van der Waals surface area contributed by atoms with E-state index >= 15 is 0 Å². The van der Waals surface area contributed by atoms with Crippen molar-refractivity contribution in [1.29, 1.82) is 0 Å². The van der Waals surface area contributed by atoms with Crippen molar-refractivity contribution in [3.8, 4) is 17.1 Å². The van der Waals surface area contributed by atoms with E-state index < -0.39 is 0 Å². The number of amides is 1. The van der Waals surface area contributed by atoms with Crippen LogP contribution in [0.25, 0.3) is 11.4 Å². The summed E-state index contributed by atoms with van der Waals surface area (Å²) in [6, 6.07) is 7.65. The molecule has 8 nitrogen and oxygen atoms in total. The predicted octanol–water partition coefficient (Wildman–Crippen LogP) is 5.21. The normalized spacial score (nSPS) is 13.1. The molecule has 0 spiro atoms. The zero-order valence-electron chi connectivity index (χ0n) is 20.3. The van der Waals surface area contributed by atoms with Crippen molar-refractivity contribution >= 4 is 40.0 Å². The molecule has 0 saturated carbocycles. The number of carbonyl (C=O) groups excluding carboxylic acids is 2. The van der Waals surface area contributed by atoms with Gasteiger partial charge in [-0.1, -0.05) is 30.3 Å². The van der Waals surface area contributed by atoms with Gasteiger partial charge in [-0.05, 0) is 57.2 Å². The number of ether oxygens (including phenoxy) is 2. The van der Waals surface area contributed by atoms with Crippen LogP contribution in [-0.2, 0) is 28.9 Å². The lowest BCUT2D eigenvalue weighted by molar-refractivity contribution is -0.113. The summed E-state index contributed by atoms with van der Waals surface area (Å²) in [5.74, 6) is 1.00. The first-order valence-electron chi connectivity index (χ1n) is 11.9. The van der Waals surface area contributed by atoms with Gasteiger partial charge in [-0.2, -0.15) is 0 Å². The second-order valence-electron chi connectivity index (χ2n) is 8.08. The number of thiophene rings is 1. The van der Waals surface area contributed by atoms with Crippen LogP contribution in [0.3, 0.4) is 0 Å². The maximum atomic E-state index is 12.9. The molecule has 0 bridgehead atoms. The van der Waals surface area contributed by atoms with Crippen LogP contribution in [0.5, 0.6) is 5.75 Å². The summed E-state index contributed by atoms with van der Waals surface area (Å²) < 4.78 is 12.8. The number of hydrogen-bond acceptors (Lipinski definition) is 8. The Labute approximate surface area is 213 Å². The highest BCUT2D eigenvalue weighted by Crippen LogP contribution is 2.38. The number of nitrogens with zero attached hydrogens (tertiary/aromatic N) is 3. The monoisotopic (exact) mass is 514 g/mol. The summed E-state index contributed by atoms with van der Waals surface area (Å²) >= 11 is 2.82. The van der Waals surface area contributed by atoms with E-state index in [-0.39, 0.29) is 17.6 Å². The lowest BCUT2D eigenvalue weighted by Gasteiger charge is -2.10. The first kappa shape index (κ1) is 25.2. The molecule has 1 aromatic carbocycles. The number of esters is 1. The van der Waals surface area contributed by atoms with Crippen molar-refractivity contribution in [2.24, 2.45) is 0 Å². The van der Waals surface area contributed by atoms with Crippen molar-refractivity contribution < 1.29 is 19.1 Å². The SMILES string of the molecule is CCOC(=O)c1c(NC(=O)CSc2nnc(-c3ccccc3OC)n2CC)sc2c1CCCCC2. The molecule has 1 N–H and O–H groups in total. The third-order valence-electron chi connectivity index (χ3n) is 5.87. The van der Waals surface area contributed by atoms with Gasteiger partial charge < -0.3 is 19.4 Å². The highest BCUT2D eigenvalue weighted by molar-refractivity contribution is 7.99. The molecule has 2 heterocycles.